The molecule has 4 nitrogen and oxygen atoms in total. The summed E-state index contributed by atoms with van der Waals surface area (Å²) in [5, 5.41) is 0. The average Bonchev–Trinajstić information content (AvgIpc) is 2.79. The largest absolute Gasteiger partial charge is 0.250 e. The molecule has 8 bridgehead atoms. The molecule has 0 fully saturated rings. The van der Waals surface area contributed by atoms with Crippen LogP contribution < -0.4 is 0 Å². The molecule has 5 heteroatoms. The minimum Gasteiger partial charge on any atom is -0.250 e. The molecule has 0 spiro atoms. The zero-order valence-corrected chi connectivity index (χ0v) is 20.3. The summed E-state index contributed by atoms with van der Waals surface area (Å²) in [5.41, 5.74) is 6.63. The van der Waals surface area contributed by atoms with Gasteiger partial charge in [0.15, 0.2) is 0 Å². The molecule has 5 heterocycles. The van der Waals surface area contributed by atoms with Crippen molar-refractivity contribution in [3.8, 4) is 22.8 Å². The molecule has 0 unspecified atom stereocenters. The van der Waals surface area contributed by atoms with Gasteiger partial charge in [0, 0.05) is 31.9 Å². The molecule has 4 aromatic heterocycles. The molecule has 4 aromatic rings. The maximum absolute atomic E-state index is 5.00. The number of nitrogens with zero attached hydrogens (tertiary/aromatic N) is 4. The van der Waals surface area contributed by atoms with E-state index in [1.807, 2.05) is 24.3 Å². The molecule has 1 aliphatic rings. The number of hydrogen-bond donors (Lipinski definition) is 0. The Kier molecular flexibility index (Phi) is 5.39. The summed E-state index contributed by atoms with van der Waals surface area (Å²) in [5.74, 6) is 0. The molecular weight excluding hydrogens is 563 g/mol. The summed E-state index contributed by atoms with van der Waals surface area (Å²) in [6.45, 7) is 8.64. The van der Waals surface area contributed by atoms with Crippen molar-refractivity contribution < 1.29 is 21.1 Å². The zero-order valence-electron chi connectivity index (χ0n) is 18.0. The molecule has 5 rings (SSSR count). The average molecular weight is 588 g/mol. The van der Waals surface area contributed by atoms with Crippen molar-refractivity contribution in [3.05, 3.63) is 95.6 Å². The van der Waals surface area contributed by atoms with Gasteiger partial charge in [-0.2, -0.15) is 0 Å². The van der Waals surface area contributed by atoms with Crippen LogP contribution in [0.2, 0.25) is 0 Å². The van der Waals surface area contributed by atoms with Crippen molar-refractivity contribution in [2.45, 2.75) is 38.5 Å². The van der Waals surface area contributed by atoms with E-state index in [2.05, 4.69) is 76.2 Å². The van der Waals surface area contributed by atoms with Gasteiger partial charge in [-0.05, 0) is 76.2 Å². The molecule has 31 heavy (non-hydrogen) atoms. The molecule has 1 aliphatic heterocycles. The molecule has 0 N–H and O–H groups in total. The second-order valence-corrected chi connectivity index (χ2v) is 8.88. The van der Waals surface area contributed by atoms with Gasteiger partial charge < -0.3 is 0 Å². The number of hydrogen-bond acceptors (Lipinski definition) is 4. The van der Waals surface area contributed by atoms with Crippen molar-refractivity contribution >= 4 is 0 Å². The fourth-order valence-electron chi connectivity index (χ4n) is 3.96. The van der Waals surface area contributed by atoms with E-state index in [9.17, 15) is 0 Å². The van der Waals surface area contributed by atoms with E-state index < -0.39 is 0 Å². The molecule has 0 saturated carbocycles. The summed E-state index contributed by atoms with van der Waals surface area (Å²) < 4.78 is 0. The van der Waals surface area contributed by atoms with Crippen LogP contribution in [0.3, 0.4) is 0 Å². The van der Waals surface area contributed by atoms with E-state index in [0.717, 1.165) is 45.6 Å². The van der Waals surface area contributed by atoms with Crippen LogP contribution in [0, 0.1) is 0 Å². The van der Waals surface area contributed by atoms with Crippen LogP contribution in [0.25, 0.3) is 22.8 Å². The number of rotatable bonds is 0. The Hall–Kier alpha value is -2.71. The van der Waals surface area contributed by atoms with Crippen molar-refractivity contribution in [3.63, 3.8) is 0 Å². The van der Waals surface area contributed by atoms with Gasteiger partial charge in [-0.1, -0.05) is 24.3 Å². The van der Waals surface area contributed by atoms with Crippen LogP contribution >= 0.6 is 0 Å². The second kappa shape index (κ2) is 7.76. The van der Waals surface area contributed by atoms with E-state index in [-0.39, 0.29) is 31.9 Å². The number of fused-ring (bicyclic) bond motifs is 10. The van der Waals surface area contributed by atoms with Gasteiger partial charge >= 0.3 is 0 Å². The third kappa shape index (κ3) is 3.63. The Balaban J connectivity index is 0.00000231. The Bertz CT molecular complexity index is 1070. The minimum absolute atomic E-state index is 0. The first-order valence-electron chi connectivity index (χ1n) is 10.3. The van der Waals surface area contributed by atoms with Gasteiger partial charge in [-0.25, -0.2) is 0 Å². The summed E-state index contributed by atoms with van der Waals surface area (Å²) in [6, 6.07) is 24.6. The van der Waals surface area contributed by atoms with Crippen molar-refractivity contribution in [1.82, 2.24) is 19.9 Å². The summed E-state index contributed by atoms with van der Waals surface area (Å²) in [4.78, 5) is 20.0. The van der Waals surface area contributed by atoms with Gasteiger partial charge in [0.2, 0.25) is 0 Å². The Morgan fingerprint density at radius 1 is 0.419 bits per heavy atom. The van der Waals surface area contributed by atoms with Crippen LogP contribution in [0.5, 0.6) is 0 Å². The summed E-state index contributed by atoms with van der Waals surface area (Å²) in [6.07, 6.45) is 0. The molecule has 158 valence electrons. The third-order valence-corrected chi connectivity index (χ3v) is 6.08. The fraction of sp³-hybridized carbons (Fsp3) is 0.231. The number of aromatic nitrogens is 4. The summed E-state index contributed by atoms with van der Waals surface area (Å²) in [7, 11) is 0. The normalized spacial score (nSPS) is 15.4. The van der Waals surface area contributed by atoms with E-state index >= 15 is 0 Å². The first-order chi connectivity index (χ1) is 14.4. The predicted octanol–water partition coefficient (Wildman–Crippen LogP) is 5.56. The van der Waals surface area contributed by atoms with Gasteiger partial charge in [0.1, 0.15) is 0 Å². The van der Waals surface area contributed by atoms with E-state index in [4.69, 9.17) is 19.9 Å². The van der Waals surface area contributed by atoms with Gasteiger partial charge in [0.25, 0.3) is 0 Å². The van der Waals surface area contributed by atoms with Crippen LogP contribution in [0.1, 0.15) is 50.5 Å². The van der Waals surface area contributed by atoms with Gasteiger partial charge in [-0.3, -0.25) is 19.9 Å². The molecule has 0 aromatic carbocycles. The smallest absolute Gasteiger partial charge is 0.0889 e. The first kappa shape index (κ1) is 21.5. The number of pyridine rings is 4. The molecular formula is C26H24N4Pt. The van der Waals surface area contributed by atoms with Crippen molar-refractivity contribution in [1.29, 1.82) is 0 Å². The molecule has 0 radical (unpaired) electrons. The predicted molar refractivity (Wildman–Crippen MR) is 119 cm³/mol. The topological polar surface area (TPSA) is 51.6 Å². The maximum atomic E-state index is 5.00. The SMILES string of the molecule is CC1(C)c2cccc(n2)-c2cccc(n2)C(C)(C)c2cccc(n2)-c2cccc1n2.[Pt]. The minimum atomic E-state index is -0.357. The quantitative estimate of drug-likeness (QED) is 0.270. The van der Waals surface area contributed by atoms with Crippen molar-refractivity contribution in [2.24, 2.45) is 0 Å². The van der Waals surface area contributed by atoms with E-state index in [1.165, 1.54) is 0 Å². The molecule has 0 saturated heterocycles. The van der Waals surface area contributed by atoms with Crippen LogP contribution in [-0.4, -0.2) is 19.9 Å². The summed E-state index contributed by atoms with van der Waals surface area (Å²) >= 11 is 0. The van der Waals surface area contributed by atoms with Gasteiger partial charge in [0.05, 0.1) is 45.6 Å². The van der Waals surface area contributed by atoms with E-state index in [1.54, 1.807) is 0 Å². The third-order valence-electron chi connectivity index (χ3n) is 6.08. The van der Waals surface area contributed by atoms with Crippen LogP contribution in [0.4, 0.5) is 0 Å². The second-order valence-electron chi connectivity index (χ2n) is 8.88. The fourth-order valence-corrected chi connectivity index (χ4v) is 3.96. The molecule has 0 aliphatic carbocycles. The van der Waals surface area contributed by atoms with Crippen molar-refractivity contribution in [2.75, 3.05) is 0 Å². The molecule has 0 atom stereocenters. The van der Waals surface area contributed by atoms with Gasteiger partial charge in [-0.15, -0.1) is 0 Å². The van der Waals surface area contributed by atoms with E-state index in [0.29, 0.717) is 0 Å². The maximum Gasteiger partial charge on any atom is 0.0889 e. The monoisotopic (exact) mass is 587 g/mol. The standard InChI is InChI=1S/C26H24N4.Pt/c1-25(2)21-13-5-9-17(27-21)19-11-7-15-23(29-19)26(3,4)24-16-8-12-20(30-24)18-10-6-14-22(25)28-18;/h5-16H,1-4H3;. The van der Waals surface area contributed by atoms with Crippen LogP contribution in [-0.2, 0) is 31.9 Å². The zero-order chi connectivity index (χ0) is 20.9. The van der Waals surface area contributed by atoms with Crippen LogP contribution in [0.15, 0.2) is 72.8 Å². The Labute approximate surface area is 197 Å². The Morgan fingerprint density at radius 2 is 0.645 bits per heavy atom. The Morgan fingerprint density at radius 3 is 0.871 bits per heavy atom. The first-order valence-corrected chi connectivity index (χ1v) is 10.3. The molecule has 0 amide bonds.